The van der Waals surface area contributed by atoms with E-state index in [0.29, 0.717) is 10.7 Å². The van der Waals surface area contributed by atoms with Crippen LogP contribution >= 0.6 is 11.6 Å². The van der Waals surface area contributed by atoms with Crippen LogP contribution < -0.4 is 11.1 Å². The Kier molecular flexibility index (Phi) is 3.20. The summed E-state index contributed by atoms with van der Waals surface area (Å²) in [5.74, 6) is -0.437. The fourth-order valence-electron chi connectivity index (χ4n) is 1.47. The zero-order chi connectivity index (χ0) is 12.4. The summed E-state index contributed by atoms with van der Waals surface area (Å²) in [7, 11) is 0. The molecule has 2 aromatic carbocycles. The van der Waals surface area contributed by atoms with Gasteiger partial charge in [-0.3, -0.25) is 0 Å². The number of para-hydroxylation sites is 1. The molecular formula is C13H12ClFN2. The molecule has 2 rings (SSSR count). The Balaban J connectivity index is 2.31. The molecule has 0 heterocycles. The van der Waals surface area contributed by atoms with E-state index in [1.807, 2.05) is 19.1 Å². The van der Waals surface area contributed by atoms with Crippen LogP contribution in [-0.4, -0.2) is 0 Å². The first-order chi connectivity index (χ1) is 8.08. The van der Waals surface area contributed by atoms with E-state index in [0.717, 1.165) is 11.3 Å². The normalized spacial score (nSPS) is 10.3. The summed E-state index contributed by atoms with van der Waals surface area (Å²) in [6, 6.07) is 10.2. The molecule has 0 saturated heterocycles. The second kappa shape index (κ2) is 4.63. The van der Waals surface area contributed by atoms with E-state index in [1.54, 1.807) is 18.2 Å². The smallest absolute Gasteiger partial charge is 0.148 e. The number of nitrogens with one attached hydrogen (secondary N) is 1. The molecule has 0 unspecified atom stereocenters. The number of hydrogen-bond donors (Lipinski definition) is 2. The summed E-state index contributed by atoms with van der Waals surface area (Å²) in [5, 5.41) is 3.69. The van der Waals surface area contributed by atoms with Gasteiger partial charge in [0.05, 0.1) is 11.4 Å². The Bertz CT molecular complexity index is 555. The van der Waals surface area contributed by atoms with E-state index in [9.17, 15) is 4.39 Å². The quantitative estimate of drug-likeness (QED) is 0.787. The molecule has 0 radical (unpaired) electrons. The third-order valence-electron chi connectivity index (χ3n) is 2.50. The van der Waals surface area contributed by atoms with Crippen molar-refractivity contribution in [3.63, 3.8) is 0 Å². The molecule has 0 amide bonds. The van der Waals surface area contributed by atoms with Gasteiger partial charge in [0.25, 0.3) is 0 Å². The van der Waals surface area contributed by atoms with Crippen molar-refractivity contribution in [1.82, 2.24) is 0 Å². The number of hydrogen-bond acceptors (Lipinski definition) is 2. The molecule has 2 aromatic rings. The van der Waals surface area contributed by atoms with Gasteiger partial charge < -0.3 is 11.1 Å². The lowest BCUT2D eigenvalue weighted by atomic mass is 10.2. The summed E-state index contributed by atoms with van der Waals surface area (Å²) in [4.78, 5) is 0. The van der Waals surface area contributed by atoms with Crippen LogP contribution in [0.1, 0.15) is 5.56 Å². The van der Waals surface area contributed by atoms with E-state index in [4.69, 9.17) is 17.3 Å². The monoisotopic (exact) mass is 250 g/mol. The van der Waals surface area contributed by atoms with Gasteiger partial charge >= 0.3 is 0 Å². The molecule has 4 heteroatoms. The van der Waals surface area contributed by atoms with Gasteiger partial charge in [-0.1, -0.05) is 23.7 Å². The lowest BCUT2D eigenvalue weighted by Crippen LogP contribution is -1.98. The van der Waals surface area contributed by atoms with Gasteiger partial charge in [0.2, 0.25) is 0 Å². The summed E-state index contributed by atoms with van der Waals surface area (Å²) in [6.07, 6.45) is 0. The highest BCUT2D eigenvalue weighted by atomic mass is 35.5. The number of benzene rings is 2. The predicted octanol–water partition coefficient (Wildman–Crippen LogP) is 4.11. The van der Waals surface area contributed by atoms with Gasteiger partial charge in [-0.2, -0.15) is 0 Å². The molecule has 0 aliphatic carbocycles. The Labute approximate surface area is 104 Å². The number of halogens is 2. The molecule has 0 aliphatic heterocycles. The van der Waals surface area contributed by atoms with Crippen molar-refractivity contribution in [2.45, 2.75) is 6.92 Å². The van der Waals surface area contributed by atoms with Crippen LogP contribution in [0, 0.1) is 12.7 Å². The molecule has 0 atom stereocenters. The zero-order valence-corrected chi connectivity index (χ0v) is 10.1. The maximum atomic E-state index is 13.2. The van der Waals surface area contributed by atoms with Crippen LogP contribution in [0.25, 0.3) is 0 Å². The Hall–Kier alpha value is -1.74. The SMILES string of the molecule is Cc1ccc(Nc2cccc(F)c2N)cc1Cl. The van der Waals surface area contributed by atoms with Crippen molar-refractivity contribution >= 4 is 28.7 Å². The van der Waals surface area contributed by atoms with Crippen molar-refractivity contribution in [2.75, 3.05) is 11.1 Å². The molecule has 0 bridgehead atoms. The van der Waals surface area contributed by atoms with Crippen molar-refractivity contribution < 1.29 is 4.39 Å². The second-order valence-corrected chi connectivity index (χ2v) is 4.20. The van der Waals surface area contributed by atoms with Gasteiger partial charge in [-0.05, 0) is 36.8 Å². The number of anilines is 3. The van der Waals surface area contributed by atoms with E-state index >= 15 is 0 Å². The summed E-state index contributed by atoms with van der Waals surface area (Å²) in [6.45, 7) is 1.92. The first kappa shape index (κ1) is 11.7. The third kappa shape index (κ3) is 2.50. The van der Waals surface area contributed by atoms with Crippen molar-refractivity contribution in [3.05, 3.63) is 52.8 Å². The molecule has 3 N–H and O–H groups in total. The van der Waals surface area contributed by atoms with E-state index in [2.05, 4.69) is 5.32 Å². The topological polar surface area (TPSA) is 38.0 Å². The fourth-order valence-corrected chi connectivity index (χ4v) is 1.65. The van der Waals surface area contributed by atoms with Crippen LogP contribution in [-0.2, 0) is 0 Å². The maximum Gasteiger partial charge on any atom is 0.148 e. The van der Waals surface area contributed by atoms with Crippen LogP contribution in [0.5, 0.6) is 0 Å². The summed E-state index contributed by atoms with van der Waals surface area (Å²) < 4.78 is 13.2. The fraction of sp³-hybridized carbons (Fsp3) is 0.0769. The molecular weight excluding hydrogens is 239 g/mol. The first-order valence-corrected chi connectivity index (χ1v) is 5.53. The van der Waals surface area contributed by atoms with E-state index in [1.165, 1.54) is 6.07 Å². The first-order valence-electron chi connectivity index (χ1n) is 5.15. The van der Waals surface area contributed by atoms with Gasteiger partial charge in [0, 0.05) is 10.7 Å². The molecule has 0 saturated carbocycles. The van der Waals surface area contributed by atoms with Crippen LogP contribution in [0.2, 0.25) is 5.02 Å². The Morgan fingerprint density at radius 1 is 1.24 bits per heavy atom. The zero-order valence-electron chi connectivity index (χ0n) is 9.30. The van der Waals surface area contributed by atoms with Crippen molar-refractivity contribution in [3.8, 4) is 0 Å². The number of rotatable bonds is 2. The molecule has 0 spiro atoms. The van der Waals surface area contributed by atoms with Crippen LogP contribution in [0.4, 0.5) is 21.5 Å². The van der Waals surface area contributed by atoms with Gasteiger partial charge in [0.15, 0.2) is 0 Å². The minimum absolute atomic E-state index is 0.101. The van der Waals surface area contributed by atoms with Crippen molar-refractivity contribution in [1.29, 1.82) is 0 Å². The highest BCUT2D eigenvalue weighted by Gasteiger charge is 2.05. The summed E-state index contributed by atoms with van der Waals surface area (Å²) in [5.41, 5.74) is 8.03. The lowest BCUT2D eigenvalue weighted by Gasteiger charge is -2.10. The van der Waals surface area contributed by atoms with Crippen LogP contribution in [0.15, 0.2) is 36.4 Å². The van der Waals surface area contributed by atoms with Gasteiger partial charge in [-0.25, -0.2) is 4.39 Å². The standard InChI is InChI=1S/C13H12ClFN2/c1-8-5-6-9(7-10(8)14)17-12-4-2-3-11(15)13(12)16/h2-7,17H,16H2,1H3. The lowest BCUT2D eigenvalue weighted by molar-refractivity contribution is 0.633. The van der Waals surface area contributed by atoms with E-state index < -0.39 is 5.82 Å². The summed E-state index contributed by atoms with van der Waals surface area (Å²) >= 11 is 6.01. The minimum atomic E-state index is -0.437. The molecule has 88 valence electrons. The van der Waals surface area contributed by atoms with Crippen LogP contribution in [0.3, 0.4) is 0 Å². The average Bonchev–Trinajstić information content (AvgIpc) is 2.30. The highest BCUT2D eigenvalue weighted by Crippen LogP contribution is 2.27. The van der Waals surface area contributed by atoms with Crippen molar-refractivity contribution in [2.24, 2.45) is 0 Å². The third-order valence-corrected chi connectivity index (χ3v) is 2.91. The maximum absolute atomic E-state index is 13.2. The minimum Gasteiger partial charge on any atom is -0.395 e. The van der Waals surface area contributed by atoms with Gasteiger partial charge in [0.1, 0.15) is 5.82 Å². The molecule has 2 nitrogen and oxygen atoms in total. The van der Waals surface area contributed by atoms with Gasteiger partial charge in [-0.15, -0.1) is 0 Å². The average molecular weight is 251 g/mol. The second-order valence-electron chi connectivity index (χ2n) is 3.79. The highest BCUT2D eigenvalue weighted by molar-refractivity contribution is 6.31. The molecule has 0 aromatic heterocycles. The molecule has 17 heavy (non-hydrogen) atoms. The number of aryl methyl sites for hydroxylation is 1. The number of nitrogens with two attached hydrogens (primary N) is 1. The molecule has 0 fully saturated rings. The number of nitrogen functional groups attached to an aromatic ring is 1. The Morgan fingerprint density at radius 3 is 2.71 bits per heavy atom. The largest absolute Gasteiger partial charge is 0.395 e. The van der Waals surface area contributed by atoms with E-state index in [-0.39, 0.29) is 5.69 Å². The predicted molar refractivity (Wildman–Crippen MR) is 70.3 cm³/mol. The molecule has 0 aliphatic rings. The Morgan fingerprint density at radius 2 is 2.00 bits per heavy atom.